The first-order chi connectivity index (χ1) is 9.27. The Labute approximate surface area is 122 Å². The number of nitrogen functional groups attached to an aromatic ring is 1. The van der Waals surface area contributed by atoms with E-state index in [9.17, 15) is 0 Å². The fourth-order valence-electron chi connectivity index (χ4n) is 2.48. The van der Waals surface area contributed by atoms with Gasteiger partial charge in [-0.25, -0.2) is 9.97 Å². The summed E-state index contributed by atoms with van der Waals surface area (Å²) < 4.78 is 0. The van der Waals surface area contributed by atoms with Gasteiger partial charge in [0.15, 0.2) is 0 Å². The molecule has 2 rings (SSSR count). The predicted molar refractivity (Wildman–Crippen MR) is 84.0 cm³/mol. The van der Waals surface area contributed by atoms with Gasteiger partial charge in [0.2, 0.25) is 0 Å². The van der Waals surface area contributed by atoms with Crippen LogP contribution in [0.25, 0.3) is 0 Å². The molecule has 0 spiro atoms. The van der Waals surface area contributed by atoms with E-state index in [1.165, 1.54) is 13.0 Å². The average molecular weight is 277 g/mol. The predicted octanol–water partition coefficient (Wildman–Crippen LogP) is 2.03. The smallest absolute Gasteiger partial charge is 0.138 e. The van der Waals surface area contributed by atoms with Gasteiger partial charge in [0.05, 0.1) is 0 Å². The van der Waals surface area contributed by atoms with E-state index in [4.69, 9.17) is 5.73 Å². The topological polar surface area (TPSA) is 67.1 Å². The maximum Gasteiger partial charge on any atom is 0.138 e. The van der Waals surface area contributed by atoms with E-state index in [2.05, 4.69) is 48.0 Å². The number of nitrogens with one attached hydrogen (secondary N) is 1. The van der Waals surface area contributed by atoms with Crippen LogP contribution >= 0.6 is 0 Å². The Kier molecular flexibility index (Phi) is 4.18. The van der Waals surface area contributed by atoms with Crippen LogP contribution < -0.4 is 11.1 Å². The molecule has 112 valence electrons. The summed E-state index contributed by atoms with van der Waals surface area (Å²) in [4.78, 5) is 11.5. The number of anilines is 2. The Balaban J connectivity index is 2.12. The van der Waals surface area contributed by atoms with Crippen molar-refractivity contribution in [2.75, 3.05) is 37.7 Å². The molecule has 1 aliphatic rings. The minimum absolute atomic E-state index is 0.0914. The summed E-state index contributed by atoms with van der Waals surface area (Å²) >= 11 is 0. The van der Waals surface area contributed by atoms with Gasteiger partial charge < -0.3 is 16.0 Å². The molecular weight excluding hydrogens is 250 g/mol. The number of hydrogen-bond donors (Lipinski definition) is 2. The van der Waals surface area contributed by atoms with E-state index in [1.807, 2.05) is 6.92 Å². The molecule has 1 unspecified atom stereocenters. The van der Waals surface area contributed by atoms with Gasteiger partial charge in [-0.05, 0) is 32.9 Å². The summed E-state index contributed by atoms with van der Waals surface area (Å²) in [7, 11) is 2.17. The number of nitrogens with two attached hydrogens (primary N) is 1. The van der Waals surface area contributed by atoms with Crippen LogP contribution in [0.1, 0.15) is 38.6 Å². The molecule has 0 saturated carbocycles. The maximum absolute atomic E-state index is 6.02. The van der Waals surface area contributed by atoms with Gasteiger partial charge in [-0.15, -0.1) is 0 Å². The summed E-state index contributed by atoms with van der Waals surface area (Å²) in [5.74, 6) is 2.95. The molecule has 1 aromatic heterocycles. The van der Waals surface area contributed by atoms with Crippen LogP contribution in [0.2, 0.25) is 0 Å². The summed E-state index contributed by atoms with van der Waals surface area (Å²) in [6, 6.07) is 0. The molecule has 0 radical (unpaired) electrons. The third-order valence-electron chi connectivity index (χ3n) is 3.90. The third kappa shape index (κ3) is 3.39. The van der Waals surface area contributed by atoms with Crippen LogP contribution in [-0.2, 0) is 5.41 Å². The summed E-state index contributed by atoms with van der Waals surface area (Å²) in [6.45, 7) is 11.6. The van der Waals surface area contributed by atoms with Gasteiger partial charge >= 0.3 is 0 Å². The molecule has 20 heavy (non-hydrogen) atoms. The average Bonchev–Trinajstić information content (AvgIpc) is 2.75. The number of aromatic nitrogens is 2. The van der Waals surface area contributed by atoms with Crippen molar-refractivity contribution in [3.63, 3.8) is 0 Å². The summed E-state index contributed by atoms with van der Waals surface area (Å²) in [6.07, 6.45) is 1.25. The van der Waals surface area contributed by atoms with Crippen LogP contribution in [0, 0.1) is 12.8 Å². The molecule has 1 saturated heterocycles. The SMILES string of the molecule is Cc1c(N)nc(C(C)(C)C)nc1NCC1CCN(C)C1. The van der Waals surface area contributed by atoms with E-state index in [-0.39, 0.29) is 5.41 Å². The van der Waals surface area contributed by atoms with E-state index in [0.29, 0.717) is 11.7 Å². The highest BCUT2D eigenvalue weighted by Crippen LogP contribution is 2.25. The lowest BCUT2D eigenvalue weighted by Gasteiger charge is -2.20. The van der Waals surface area contributed by atoms with Crippen molar-refractivity contribution < 1.29 is 0 Å². The highest BCUT2D eigenvalue weighted by molar-refractivity contribution is 5.55. The van der Waals surface area contributed by atoms with Gasteiger partial charge in [-0.1, -0.05) is 20.8 Å². The second-order valence-corrected chi connectivity index (χ2v) is 6.95. The van der Waals surface area contributed by atoms with Gasteiger partial charge in [0, 0.05) is 24.1 Å². The second kappa shape index (κ2) is 5.56. The number of rotatable bonds is 3. The van der Waals surface area contributed by atoms with Crippen molar-refractivity contribution in [3.8, 4) is 0 Å². The van der Waals surface area contributed by atoms with Crippen LogP contribution in [0.4, 0.5) is 11.6 Å². The lowest BCUT2D eigenvalue weighted by molar-refractivity contribution is 0.399. The molecule has 0 aliphatic carbocycles. The molecule has 1 atom stereocenters. The highest BCUT2D eigenvalue weighted by atomic mass is 15.1. The van der Waals surface area contributed by atoms with Crippen molar-refractivity contribution >= 4 is 11.6 Å². The molecule has 5 nitrogen and oxygen atoms in total. The molecule has 3 N–H and O–H groups in total. The number of likely N-dealkylation sites (tertiary alicyclic amines) is 1. The zero-order valence-corrected chi connectivity index (χ0v) is 13.3. The number of nitrogens with zero attached hydrogens (tertiary/aromatic N) is 3. The minimum Gasteiger partial charge on any atom is -0.383 e. The Morgan fingerprint density at radius 1 is 1.35 bits per heavy atom. The fraction of sp³-hybridized carbons (Fsp3) is 0.733. The molecule has 0 bridgehead atoms. The van der Waals surface area contributed by atoms with Crippen molar-refractivity contribution in [2.24, 2.45) is 5.92 Å². The van der Waals surface area contributed by atoms with Gasteiger partial charge in [-0.2, -0.15) is 0 Å². The zero-order chi connectivity index (χ0) is 14.9. The fourth-order valence-corrected chi connectivity index (χ4v) is 2.48. The Bertz CT molecular complexity index is 478. The summed E-state index contributed by atoms with van der Waals surface area (Å²) in [5.41, 5.74) is 6.88. The van der Waals surface area contributed by atoms with Crippen molar-refractivity contribution in [2.45, 2.75) is 39.5 Å². The number of hydrogen-bond acceptors (Lipinski definition) is 5. The molecule has 1 fully saturated rings. The first-order valence-corrected chi connectivity index (χ1v) is 7.34. The lowest BCUT2D eigenvalue weighted by atomic mass is 9.95. The zero-order valence-electron chi connectivity index (χ0n) is 13.3. The van der Waals surface area contributed by atoms with E-state index < -0.39 is 0 Å². The van der Waals surface area contributed by atoms with E-state index in [0.717, 1.165) is 30.3 Å². The van der Waals surface area contributed by atoms with Crippen LogP contribution in [0.5, 0.6) is 0 Å². The second-order valence-electron chi connectivity index (χ2n) is 6.95. The van der Waals surface area contributed by atoms with E-state index in [1.54, 1.807) is 0 Å². The molecular formula is C15H27N5. The Morgan fingerprint density at radius 3 is 2.60 bits per heavy atom. The largest absolute Gasteiger partial charge is 0.383 e. The normalized spacial score (nSPS) is 20.4. The first-order valence-electron chi connectivity index (χ1n) is 7.34. The van der Waals surface area contributed by atoms with Crippen molar-refractivity contribution in [1.82, 2.24) is 14.9 Å². The lowest BCUT2D eigenvalue weighted by Crippen LogP contribution is -2.22. The van der Waals surface area contributed by atoms with E-state index >= 15 is 0 Å². The maximum atomic E-state index is 6.02. The first kappa shape index (κ1) is 15.0. The summed E-state index contributed by atoms with van der Waals surface area (Å²) in [5, 5.41) is 3.47. The van der Waals surface area contributed by atoms with Crippen molar-refractivity contribution in [3.05, 3.63) is 11.4 Å². The van der Waals surface area contributed by atoms with Gasteiger partial charge in [0.25, 0.3) is 0 Å². The van der Waals surface area contributed by atoms with Gasteiger partial charge in [-0.3, -0.25) is 0 Å². The van der Waals surface area contributed by atoms with Crippen LogP contribution in [0.3, 0.4) is 0 Å². The molecule has 1 aromatic rings. The molecule has 2 heterocycles. The molecule has 0 aromatic carbocycles. The molecule has 0 amide bonds. The highest BCUT2D eigenvalue weighted by Gasteiger charge is 2.22. The molecule has 1 aliphatic heterocycles. The minimum atomic E-state index is -0.0914. The monoisotopic (exact) mass is 277 g/mol. The quantitative estimate of drug-likeness (QED) is 0.885. The van der Waals surface area contributed by atoms with Crippen LogP contribution in [0.15, 0.2) is 0 Å². The standard InChI is InChI=1S/C15H27N5/c1-10-12(16)18-14(15(2,3)4)19-13(10)17-8-11-6-7-20(5)9-11/h11H,6-9H2,1-5H3,(H3,16,17,18,19). The Hall–Kier alpha value is -1.36. The van der Waals surface area contributed by atoms with Crippen molar-refractivity contribution in [1.29, 1.82) is 0 Å². The van der Waals surface area contributed by atoms with Gasteiger partial charge in [0.1, 0.15) is 17.5 Å². The van der Waals surface area contributed by atoms with Crippen LogP contribution in [-0.4, -0.2) is 41.5 Å². The molecule has 5 heteroatoms. The third-order valence-corrected chi connectivity index (χ3v) is 3.90. The Morgan fingerprint density at radius 2 is 2.05 bits per heavy atom.